The summed E-state index contributed by atoms with van der Waals surface area (Å²) in [6, 6.07) is 6.12. The number of ketones is 1. The Hall–Kier alpha value is -1.29. The average molecular weight is 222 g/mol. The Labute approximate surface area is 93.8 Å². The molecule has 0 amide bonds. The number of ether oxygens (including phenoxy) is 1. The summed E-state index contributed by atoms with van der Waals surface area (Å²) in [5.41, 5.74) is 0.331. The third-order valence-electron chi connectivity index (χ3n) is 1.87. The maximum Gasteiger partial charge on any atom is 0.307 e. The predicted octanol–water partition coefficient (Wildman–Crippen LogP) is 1.65. The van der Waals surface area contributed by atoms with Crippen molar-refractivity contribution in [2.75, 3.05) is 7.11 Å². The van der Waals surface area contributed by atoms with Crippen LogP contribution >= 0.6 is 11.6 Å². The monoisotopic (exact) mass is 222 g/mol. The lowest BCUT2D eigenvalue weighted by Crippen LogP contribution is -2.19. The van der Waals surface area contributed by atoms with Crippen molar-refractivity contribution in [2.24, 2.45) is 0 Å². The van der Waals surface area contributed by atoms with E-state index in [9.17, 15) is 9.59 Å². The van der Waals surface area contributed by atoms with Crippen LogP contribution in [0.1, 0.15) is 10.4 Å². The molecule has 1 unspecified atom stereocenters. The lowest BCUT2D eigenvalue weighted by Gasteiger charge is -2.08. The summed E-state index contributed by atoms with van der Waals surface area (Å²) < 4.78 is 4.37. The number of hydrogen-bond acceptors (Lipinski definition) is 3. The molecule has 0 N–H and O–H groups in total. The maximum atomic E-state index is 11.6. The number of rotatable bonds is 3. The van der Waals surface area contributed by atoms with Gasteiger partial charge in [0.25, 0.3) is 0 Å². The van der Waals surface area contributed by atoms with Crippen molar-refractivity contribution in [1.82, 2.24) is 0 Å². The summed E-state index contributed by atoms with van der Waals surface area (Å²) in [7, 11) is 6.56. The van der Waals surface area contributed by atoms with Gasteiger partial charge in [0.2, 0.25) is 0 Å². The van der Waals surface area contributed by atoms with Crippen LogP contribution in [0.25, 0.3) is 0 Å². The van der Waals surface area contributed by atoms with E-state index in [0.29, 0.717) is 10.6 Å². The summed E-state index contributed by atoms with van der Waals surface area (Å²) in [6.45, 7) is 0. The number of Topliss-reactive ketones (excluding diaryl/α,β-unsaturated/α-hetero) is 1. The van der Waals surface area contributed by atoms with E-state index in [0.717, 1.165) is 0 Å². The zero-order valence-corrected chi connectivity index (χ0v) is 8.82. The number of carbonyl (C=O) groups is 2. The molecule has 0 fully saturated rings. The van der Waals surface area contributed by atoms with Crippen molar-refractivity contribution >= 4 is 31.2 Å². The summed E-state index contributed by atoms with van der Waals surface area (Å²) in [5, 5.41) is 0.512. The van der Waals surface area contributed by atoms with Gasteiger partial charge in [0, 0.05) is 10.6 Å². The highest BCUT2D eigenvalue weighted by Crippen LogP contribution is 2.15. The largest absolute Gasteiger partial charge is 0.469 e. The van der Waals surface area contributed by atoms with Crippen molar-refractivity contribution in [3.8, 4) is 0 Å². The van der Waals surface area contributed by atoms with Gasteiger partial charge in [-0.2, -0.15) is 0 Å². The Kier molecular flexibility index (Phi) is 3.92. The predicted molar refractivity (Wildman–Crippen MR) is 57.3 cm³/mol. The van der Waals surface area contributed by atoms with Crippen LogP contribution in [0.15, 0.2) is 24.3 Å². The van der Waals surface area contributed by atoms with E-state index >= 15 is 0 Å². The van der Waals surface area contributed by atoms with E-state index in [-0.39, 0.29) is 0 Å². The first kappa shape index (κ1) is 11.8. The van der Waals surface area contributed by atoms with Crippen LogP contribution in [-0.4, -0.2) is 26.7 Å². The smallest absolute Gasteiger partial charge is 0.307 e. The molecule has 0 bridgehead atoms. The van der Waals surface area contributed by atoms with Gasteiger partial charge in [0.15, 0.2) is 5.78 Å². The molecule has 0 saturated heterocycles. The van der Waals surface area contributed by atoms with E-state index in [2.05, 4.69) is 4.74 Å². The molecule has 0 heterocycles. The highest BCUT2D eigenvalue weighted by atomic mass is 35.5. The molecule has 76 valence electrons. The minimum absolute atomic E-state index is 0.331. The number of carbonyl (C=O) groups excluding carboxylic acids is 2. The van der Waals surface area contributed by atoms with Crippen LogP contribution in [0.4, 0.5) is 0 Å². The average Bonchev–Trinajstić information content (AvgIpc) is 2.27. The number of halogens is 1. The molecular weight excluding hydrogens is 214 g/mol. The van der Waals surface area contributed by atoms with Gasteiger partial charge in [-0.15, -0.1) is 0 Å². The molecule has 5 heteroatoms. The molecule has 0 aliphatic rings. The molecule has 1 rings (SSSR count). The summed E-state index contributed by atoms with van der Waals surface area (Å²) in [5.74, 6) is -2.52. The Morgan fingerprint density at radius 3 is 2.33 bits per heavy atom. The molecule has 2 radical (unpaired) electrons. The fourth-order valence-electron chi connectivity index (χ4n) is 1.03. The van der Waals surface area contributed by atoms with Gasteiger partial charge in [0.05, 0.1) is 20.8 Å². The first-order chi connectivity index (χ1) is 7.06. The van der Waals surface area contributed by atoms with E-state index in [1.54, 1.807) is 12.1 Å². The molecule has 0 aliphatic carbocycles. The fraction of sp³-hybridized carbons (Fsp3) is 0.200. The summed E-state index contributed by atoms with van der Waals surface area (Å²) in [6.07, 6.45) is 0. The standard InChI is InChI=1S/C10H8BClO3/c1-15-10(14)8(11)9(13)6-2-4-7(12)5-3-6/h2-5,8H,1H3. The SMILES string of the molecule is [B]C(C(=O)OC)C(=O)c1ccc(Cl)cc1. The second kappa shape index (κ2) is 4.98. The molecule has 1 atom stereocenters. The molecule has 0 saturated carbocycles. The fourth-order valence-corrected chi connectivity index (χ4v) is 1.15. The highest BCUT2D eigenvalue weighted by molar-refractivity contribution is 6.38. The van der Waals surface area contributed by atoms with Gasteiger partial charge >= 0.3 is 5.97 Å². The topological polar surface area (TPSA) is 43.4 Å². The molecule has 0 aromatic heterocycles. The first-order valence-corrected chi connectivity index (χ1v) is 4.57. The van der Waals surface area contributed by atoms with Crippen molar-refractivity contribution in [1.29, 1.82) is 0 Å². The van der Waals surface area contributed by atoms with Gasteiger partial charge in [0.1, 0.15) is 0 Å². The normalized spacial score (nSPS) is 11.9. The molecule has 0 spiro atoms. The second-order valence-electron chi connectivity index (χ2n) is 2.87. The third kappa shape index (κ3) is 2.83. The van der Waals surface area contributed by atoms with Gasteiger partial charge in [-0.25, -0.2) is 0 Å². The van der Waals surface area contributed by atoms with Crippen LogP contribution in [-0.2, 0) is 9.53 Å². The first-order valence-electron chi connectivity index (χ1n) is 4.19. The number of methoxy groups -OCH3 is 1. The molecule has 3 nitrogen and oxygen atoms in total. The Morgan fingerprint density at radius 2 is 1.87 bits per heavy atom. The second-order valence-corrected chi connectivity index (χ2v) is 3.31. The van der Waals surface area contributed by atoms with Crippen molar-refractivity contribution in [2.45, 2.75) is 5.82 Å². The minimum Gasteiger partial charge on any atom is -0.469 e. The number of esters is 1. The van der Waals surface area contributed by atoms with Crippen molar-refractivity contribution in [3.05, 3.63) is 34.9 Å². The van der Waals surface area contributed by atoms with Gasteiger partial charge in [-0.1, -0.05) is 11.6 Å². The molecule has 15 heavy (non-hydrogen) atoms. The summed E-state index contributed by atoms with van der Waals surface area (Å²) in [4.78, 5) is 22.6. The van der Waals surface area contributed by atoms with Crippen molar-refractivity contribution < 1.29 is 14.3 Å². The van der Waals surface area contributed by atoms with Gasteiger partial charge in [-0.3, -0.25) is 9.59 Å². The zero-order valence-electron chi connectivity index (χ0n) is 8.07. The van der Waals surface area contributed by atoms with Crippen LogP contribution in [0.3, 0.4) is 0 Å². The van der Waals surface area contributed by atoms with Crippen LogP contribution < -0.4 is 0 Å². The molecular formula is C10H8BClO3. The highest BCUT2D eigenvalue weighted by Gasteiger charge is 2.22. The number of hydrogen-bond donors (Lipinski definition) is 0. The zero-order chi connectivity index (χ0) is 11.4. The lowest BCUT2D eigenvalue weighted by molar-refractivity contribution is -0.139. The molecule has 0 aliphatic heterocycles. The Bertz CT molecular complexity index is 375. The van der Waals surface area contributed by atoms with E-state index < -0.39 is 17.6 Å². The van der Waals surface area contributed by atoms with Crippen LogP contribution in [0, 0.1) is 0 Å². The van der Waals surface area contributed by atoms with E-state index in [1.165, 1.54) is 19.2 Å². The van der Waals surface area contributed by atoms with Crippen LogP contribution in [0.5, 0.6) is 0 Å². The molecule has 1 aromatic carbocycles. The van der Waals surface area contributed by atoms with Gasteiger partial charge < -0.3 is 4.74 Å². The Balaban J connectivity index is 2.85. The van der Waals surface area contributed by atoms with E-state index in [4.69, 9.17) is 19.4 Å². The minimum atomic E-state index is -1.28. The van der Waals surface area contributed by atoms with Crippen LogP contribution in [0.2, 0.25) is 10.8 Å². The van der Waals surface area contributed by atoms with E-state index in [1.807, 2.05) is 0 Å². The Morgan fingerprint density at radius 1 is 1.33 bits per heavy atom. The quantitative estimate of drug-likeness (QED) is 0.338. The lowest BCUT2D eigenvalue weighted by atomic mass is 9.81. The maximum absolute atomic E-state index is 11.6. The molecule has 1 aromatic rings. The van der Waals surface area contributed by atoms with Crippen molar-refractivity contribution in [3.63, 3.8) is 0 Å². The number of benzene rings is 1. The summed E-state index contributed by atoms with van der Waals surface area (Å²) >= 11 is 5.65. The third-order valence-corrected chi connectivity index (χ3v) is 2.12. The van der Waals surface area contributed by atoms with Gasteiger partial charge in [-0.05, 0) is 24.3 Å².